The van der Waals surface area contributed by atoms with Crippen LogP contribution >= 0.6 is 43.5 Å². The van der Waals surface area contributed by atoms with E-state index >= 15 is 0 Å². The van der Waals surface area contributed by atoms with Gasteiger partial charge in [0, 0.05) is 29.6 Å². The third-order valence-corrected chi connectivity index (χ3v) is 3.41. The van der Waals surface area contributed by atoms with Gasteiger partial charge >= 0.3 is 0 Å². The van der Waals surface area contributed by atoms with Crippen LogP contribution in [0.3, 0.4) is 0 Å². The number of pyridine rings is 1. The van der Waals surface area contributed by atoms with Crippen molar-refractivity contribution in [3.63, 3.8) is 0 Å². The van der Waals surface area contributed by atoms with Crippen LogP contribution < -0.4 is 4.90 Å². The first-order valence-corrected chi connectivity index (χ1v) is 7.43. The SMILES string of the molecule is CCCCN(CCCl)c1ncc(Br)cc1Br. The summed E-state index contributed by atoms with van der Waals surface area (Å²) in [5.41, 5.74) is 0. The average molecular weight is 371 g/mol. The molecule has 0 bridgehead atoms. The van der Waals surface area contributed by atoms with Gasteiger partial charge in [0.25, 0.3) is 0 Å². The van der Waals surface area contributed by atoms with Gasteiger partial charge in [0.2, 0.25) is 0 Å². The van der Waals surface area contributed by atoms with Crippen molar-refractivity contribution < 1.29 is 0 Å². The van der Waals surface area contributed by atoms with Crippen LogP contribution in [0.15, 0.2) is 21.2 Å². The summed E-state index contributed by atoms with van der Waals surface area (Å²) in [4.78, 5) is 6.64. The lowest BCUT2D eigenvalue weighted by Gasteiger charge is -2.23. The molecule has 90 valence electrons. The number of nitrogens with zero attached hydrogens (tertiary/aromatic N) is 2. The summed E-state index contributed by atoms with van der Waals surface area (Å²) in [5.74, 6) is 1.59. The van der Waals surface area contributed by atoms with E-state index in [0.29, 0.717) is 5.88 Å². The summed E-state index contributed by atoms with van der Waals surface area (Å²) in [7, 11) is 0. The first-order valence-electron chi connectivity index (χ1n) is 5.31. The fourth-order valence-corrected chi connectivity index (χ4v) is 2.86. The van der Waals surface area contributed by atoms with Gasteiger partial charge in [-0.15, -0.1) is 11.6 Å². The maximum atomic E-state index is 5.81. The van der Waals surface area contributed by atoms with Gasteiger partial charge in [-0.25, -0.2) is 4.98 Å². The molecule has 0 saturated carbocycles. The van der Waals surface area contributed by atoms with Crippen LogP contribution in [0.4, 0.5) is 5.82 Å². The predicted octanol–water partition coefficient (Wildman–Crippen LogP) is 4.45. The Morgan fingerprint density at radius 2 is 2.12 bits per heavy atom. The minimum Gasteiger partial charge on any atom is -0.354 e. The molecule has 0 aliphatic carbocycles. The molecule has 0 unspecified atom stereocenters. The summed E-state index contributed by atoms with van der Waals surface area (Å²) < 4.78 is 1.98. The summed E-state index contributed by atoms with van der Waals surface area (Å²) in [6, 6.07) is 2.01. The van der Waals surface area contributed by atoms with E-state index in [-0.39, 0.29) is 0 Å². The van der Waals surface area contributed by atoms with Crippen molar-refractivity contribution in [3.8, 4) is 0 Å². The summed E-state index contributed by atoms with van der Waals surface area (Å²) in [6.45, 7) is 4.01. The lowest BCUT2D eigenvalue weighted by molar-refractivity contribution is 0.724. The molecule has 0 radical (unpaired) electrons. The number of halogens is 3. The molecule has 16 heavy (non-hydrogen) atoms. The highest BCUT2D eigenvalue weighted by atomic mass is 79.9. The molecule has 0 saturated heterocycles. The number of aromatic nitrogens is 1. The Morgan fingerprint density at radius 3 is 2.69 bits per heavy atom. The van der Waals surface area contributed by atoms with Gasteiger partial charge in [-0.3, -0.25) is 0 Å². The highest BCUT2D eigenvalue weighted by Crippen LogP contribution is 2.26. The molecule has 0 atom stereocenters. The number of unbranched alkanes of at least 4 members (excludes halogenated alkanes) is 1. The summed E-state index contributed by atoms with van der Waals surface area (Å²) in [5, 5.41) is 0. The number of hydrogen-bond acceptors (Lipinski definition) is 2. The zero-order chi connectivity index (χ0) is 12.0. The number of alkyl halides is 1. The molecular formula is C11H15Br2ClN2. The Kier molecular flexibility index (Phi) is 6.70. The van der Waals surface area contributed by atoms with Gasteiger partial charge in [-0.1, -0.05) is 13.3 Å². The largest absolute Gasteiger partial charge is 0.354 e. The quantitative estimate of drug-likeness (QED) is 0.688. The van der Waals surface area contributed by atoms with Crippen molar-refractivity contribution >= 4 is 49.3 Å². The van der Waals surface area contributed by atoms with E-state index in [9.17, 15) is 0 Å². The third-order valence-electron chi connectivity index (χ3n) is 2.22. The van der Waals surface area contributed by atoms with Crippen LogP contribution in [0.2, 0.25) is 0 Å². The van der Waals surface area contributed by atoms with Gasteiger partial charge < -0.3 is 4.90 Å². The molecular weight excluding hydrogens is 355 g/mol. The van der Waals surface area contributed by atoms with Crippen LogP contribution in [-0.2, 0) is 0 Å². The highest BCUT2D eigenvalue weighted by Gasteiger charge is 2.10. The van der Waals surface area contributed by atoms with Crippen molar-refractivity contribution in [2.24, 2.45) is 0 Å². The van der Waals surface area contributed by atoms with E-state index < -0.39 is 0 Å². The fraction of sp³-hybridized carbons (Fsp3) is 0.545. The third kappa shape index (κ3) is 4.22. The van der Waals surface area contributed by atoms with Gasteiger partial charge in [-0.2, -0.15) is 0 Å². The second kappa shape index (κ2) is 7.51. The van der Waals surface area contributed by atoms with Gasteiger partial charge in [0.05, 0.1) is 4.47 Å². The second-order valence-electron chi connectivity index (χ2n) is 3.49. The molecule has 1 rings (SSSR count). The fourth-order valence-electron chi connectivity index (χ4n) is 1.41. The first kappa shape index (κ1) is 14.3. The van der Waals surface area contributed by atoms with Crippen molar-refractivity contribution in [2.75, 3.05) is 23.9 Å². The molecule has 0 N–H and O–H groups in total. The van der Waals surface area contributed by atoms with Crippen molar-refractivity contribution in [1.29, 1.82) is 0 Å². The predicted molar refractivity (Wildman–Crippen MR) is 77.5 cm³/mol. The topological polar surface area (TPSA) is 16.1 Å². The smallest absolute Gasteiger partial charge is 0.142 e. The van der Waals surface area contributed by atoms with E-state index in [1.807, 2.05) is 12.3 Å². The first-order chi connectivity index (χ1) is 7.69. The molecule has 2 nitrogen and oxygen atoms in total. The van der Waals surface area contributed by atoms with E-state index in [0.717, 1.165) is 34.3 Å². The summed E-state index contributed by atoms with van der Waals surface area (Å²) >= 11 is 12.7. The van der Waals surface area contributed by atoms with E-state index in [4.69, 9.17) is 11.6 Å². The average Bonchev–Trinajstić information content (AvgIpc) is 2.25. The molecule has 0 aliphatic heterocycles. The molecule has 1 aromatic heterocycles. The minimum absolute atomic E-state index is 0.619. The van der Waals surface area contributed by atoms with Gasteiger partial charge in [0.1, 0.15) is 5.82 Å². The van der Waals surface area contributed by atoms with Crippen LogP contribution in [0.1, 0.15) is 19.8 Å². The van der Waals surface area contributed by atoms with E-state index in [2.05, 4.69) is 48.7 Å². The molecule has 0 fully saturated rings. The van der Waals surface area contributed by atoms with E-state index in [1.165, 1.54) is 6.42 Å². The van der Waals surface area contributed by atoms with Gasteiger partial charge in [0.15, 0.2) is 0 Å². The van der Waals surface area contributed by atoms with Crippen molar-refractivity contribution in [3.05, 3.63) is 21.2 Å². The number of hydrogen-bond donors (Lipinski definition) is 0. The monoisotopic (exact) mass is 368 g/mol. The zero-order valence-corrected chi connectivity index (χ0v) is 13.1. The molecule has 5 heteroatoms. The Balaban J connectivity index is 2.82. The lowest BCUT2D eigenvalue weighted by Crippen LogP contribution is -2.27. The second-order valence-corrected chi connectivity index (χ2v) is 5.64. The number of rotatable bonds is 6. The molecule has 0 aromatic carbocycles. The van der Waals surface area contributed by atoms with Crippen molar-refractivity contribution in [2.45, 2.75) is 19.8 Å². The Labute approximate surface area is 119 Å². The number of anilines is 1. The minimum atomic E-state index is 0.619. The Hall–Kier alpha value is 0.200. The van der Waals surface area contributed by atoms with Crippen LogP contribution in [0.25, 0.3) is 0 Å². The molecule has 0 amide bonds. The summed E-state index contributed by atoms with van der Waals surface area (Å²) in [6.07, 6.45) is 4.14. The highest BCUT2D eigenvalue weighted by molar-refractivity contribution is 9.11. The molecule has 0 spiro atoms. The molecule has 1 heterocycles. The normalized spacial score (nSPS) is 10.5. The van der Waals surface area contributed by atoms with Crippen LogP contribution in [0, 0.1) is 0 Å². The van der Waals surface area contributed by atoms with Crippen LogP contribution in [0.5, 0.6) is 0 Å². The lowest BCUT2D eigenvalue weighted by atomic mass is 10.3. The Bertz CT molecular complexity index is 334. The maximum absolute atomic E-state index is 5.81. The van der Waals surface area contributed by atoms with Crippen molar-refractivity contribution in [1.82, 2.24) is 4.98 Å². The molecule has 1 aromatic rings. The standard InChI is InChI=1S/C11H15Br2ClN2/c1-2-3-5-16(6-4-14)11-10(13)7-9(12)8-15-11/h7-8H,2-6H2,1H3. The van der Waals surface area contributed by atoms with Crippen LogP contribution in [-0.4, -0.2) is 24.0 Å². The zero-order valence-electron chi connectivity index (χ0n) is 9.22. The Morgan fingerprint density at radius 1 is 1.38 bits per heavy atom. The van der Waals surface area contributed by atoms with Gasteiger partial charge in [-0.05, 0) is 44.3 Å². The molecule has 0 aliphatic rings. The van der Waals surface area contributed by atoms with E-state index in [1.54, 1.807) is 0 Å². The maximum Gasteiger partial charge on any atom is 0.142 e.